The molecule has 2 saturated heterocycles. The highest BCUT2D eigenvalue weighted by molar-refractivity contribution is 6.03. The molecule has 0 aromatic heterocycles. The molecule has 2 unspecified atom stereocenters. The molecule has 0 aliphatic carbocycles. The van der Waals surface area contributed by atoms with E-state index in [2.05, 4.69) is 10.6 Å². The summed E-state index contributed by atoms with van der Waals surface area (Å²) in [4.78, 5) is 51.2. The van der Waals surface area contributed by atoms with Crippen LogP contribution in [0.25, 0.3) is 0 Å². The number of piperidine rings is 1. The standard InChI is InChI=1S/C26H29N3O5/c1-2-26(15-14-22(30)28-24(26)32)19-10-12-20(13-11-19)27-23(31)21-9-6-16-29(21)25(33)34-17-18-7-4-3-5-8-18/h3-5,7-8,10-13,21H,2,6,9,14-17H2,1H3,(H,27,31)(H,28,30,32). The van der Waals surface area contributed by atoms with Gasteiger partial charge in [0.2, 0.25) is 17.7 Å². The van der Waals surface area contributed by atoms with Crippen molar-refractivity contribution < 1.29 is 23.9 Å². The van der Waals surface area contributed by atoms with E-state index in [-0.39, 0.29) is 24.3 Å². The fourth-order valence-electron chi connectivity index (χ4n) is 4.72. The van der Waals surface area contributed by atoms with E-state index in [0.29, 0.717) is 37.9 Å². The first-order chi connectivity index (χ1) is 16.4. The number of ether oxygens (including phenoxy) is 1. The molecule has 8 heteroatoms. The summed E-state index contributed by atoms with van der Waals surface area (Å²) in [7, 11) is 0. The molecule has 0 radical (unpaired) electrons. The topological polar surface area (TPSA) is 105 Å². The third-order valence-electron chi connectivity index (χ3n) is 6.77. The van der Waals surface area contributed by atoms with Crippen molar-refractivity contribution in [2.75, 3.05) is 11.9 Å². The van der Waals surface area contributed by atoms with Gasteiger partial charge in [0.25, 0.3) is 0 Å². The quantitative estimate of drug-likeness (QED) is 0.638. The molecular weight excluding hydrogens is 434 g/mol. The van der Waals surface area contributed by atoms with Crippen molar-refractivity contribution in [1.82, 2.24) is 10.2 Å². The molecular formula is C26H29N3O5. The number of anilines is 1. The first-order valence-electron chi connectivity index (χ1n) is 11.7. The van der Waals surface area contributed by atoms with Crippen LogP contribution in [0.1, 0.15) is 50.2 Å². The third-order valence-corrected chi connectivity index (χ3v) is 6.77. The maximum absolute atomic E-state index is 12.9. The van der Waals surface area contributed by atoms with Gasteiger partial charge in [-0.25, -0.2) is 4.79 Å². The average Bonchev–Trinajstić information content (AvgIpc) is 3.35. The van der Waals surface area contributed by atoms with Gasteiger partial charge < -0.3 is 10.1 Å². The van der Waals surface area contributed by atoms with Gasteiger partial charge in [-0.2, -0.15) is 0 Å². The number of carbonyl (C=O) groups excluding carboxylic acids is 4. The summed E-state index contributed by atoms with van der Waals surface area (Å²) in [6.45, 7) is 2.55. The molecule has 2 aromatic carbocycles. The van der Waals surface area contributed by atoms with Crippen molar-refractivity contribution in [3.05, 3.63) is 65.7 Å². The second-order valence-electron chi connectivity index (χ2n) is 8.77. The Kier molecular flexibility index (Phi) is 6.95. The van der Waals surface area contributed by atoms with Crippen LogP contribution in [0.15, 0.2) is 54.6 Å². The molecule has 0 saturated carbocycles. The fraction of sp³-hybridized carbons (Fsp3) is 0.385. The molecule has 2 atom stereocenters. The molecule has 2 aliphatic heterocycles. The van der Waals surface area contributed by atoms with Gasteiger partial charge in [-0.15, -0.1) is 0 Å². The Labute approximate surface area is 198 Å². The molecule has 4 rings (SSSR count). The lowest BCUT2D eigenvalue weighted by Crippen LogP contribution is -2.51. The van der Waals surface area contributed by atoms with Gasteiger partial charge in [0.15, 0.2) is 0 Å². The molecule has 34 heavy (non-hydrogen) atoms. The molecule has 2 aliphatic rings. The summed E-state index contributed by atoms with van der Waals surface area (Å²) in [5.41, 5.74) is 1.53. The van der Waals surface area contributed by atoms with Crippen LogP contribution in [-0.4, -0.2) is 41.3 Å². The zero-order valence-corrected chi connectivity index (χ0v) is 19.2. The monoisotopic (exact) mass is 463 g/mol. The van der Waals surface area contributed by atoms with Gasteiger partial charge in [-0.05, 0) is 48.9 Å². The molecule has 0 spiro atoms. The summed E-state index contributed by atoms with van der Waals surface area (Å²) in [6.07, 6.45) is 2.12. The predicted molar refractivity (Wildman–Crippen MR) is 126 cm³/mol. The van der Waals surface area contributed by atoms with Crippen molar-refractivity contribution >= 4 is 29.5 Å². The zero-order valence-electron chi connectivity index (χ0n) is 19.2. The highest BCUT2D eigenvalue weighted by atomic mass is 16.6. The molecule has 4 amide bonds. The van der Waals surface area contributed by atoms with Gasteiger partial charge >= 0.3 is 6.09 Å². The van der Waals surface area contributed by atoms with E-state index in [9.17, 15) is 19.2 Å². The average molecular weight is 464 g/mol. The molecule has 2 aromatic rings. The second kappa shape index (κ2) is 10.1. The summed E-state index contributed by atoms with van der Waals surface area (Å²) < 4.78 is 5.41. The number of benzene rings is 2. The van der Waals surface area contributed by atoms with Crippen LogP contribution in [0.5, 0.6) is 0 Å². The largest absolute Gasteiger partial charge is 0.445 e. The van der Waals surface area contributed by atoms with Crippen LogP contribution >= 0.6 is 0 Å². The second-order valence-corrected chi connectivity index (χ2v) is 8.77. The highest BCUT2D eigenvalue weighted by Crippen LogP contribution is 2.36. The van der Waals surface area contributed by atoms with Gasteiger partial charge in [-0.1, -0.05) is 49.4 Å². The molecule has 178 valence electrons. The number of hydrogen-bond acceptors (Lipinski definition) is 5. The fourth-order valence-corrected chi connectivity index (χ4v) is 4.72. The molecule has 2 heterocycles. The molecule has 2 fully saturated rings. The molecule has 0 bridgehead atoms. The number of amides is 4. The smallest absolute Gasteiger partial charge is 0.410 e. The minimum absolute atomic E-state index is 0.157. The number of rotatable bonds is 6. The van der Waals surface area contributed by atoms with Crippen LogP contribution in [0.4, 0.5) is 10.5 Å². The maximum Gasteiger partial charge on any atom is 0.410 e. The van der Waals surface area contributed by atoms with E-state index in [1.54, 1.807) is 12.1 Å². The Bertz CT molecular complexity index is 1070. The van der Waals surface area contributed by atoms with Crippen molar-refractivity contribution in [2.24, 2.45) is 0 Å². The lowest BCUT2D eigenvalue weighted by atomic mass is 9.72. The summed E-state index contributed by atoms with van der Waals surface area (Å²) >= 11 is 0. The highest BCUT2D eigenvalue weighted by Gasteiger charge is 2.42. The third kappa shape index (κ3) is 4.81. The summed E-state index contributed by atoms with van der Waals surface area (Å²) in [6, 6.07) is 15.9. The molecule has 2 N–H and O–H groups in total. The first kappa shape index (κ1) is 23.5. The summed E-state index contributed by atoms with van der Waals surface area (Å²) in [5.74, 6) is -0.798. The van der Waals surface area contributed by atoms with E-state index in [4.69, 9.17) is 4.74 Å². The minimum atomic E-state index is -0.749. The maximum atomic E-state index is 12.9. The number of hydrogen-bond donors (Lipinski definition) is 2. The van der Waals surface area contributed by atoms with Crippen LogP contribution in [0.3, 0.4) is 0 Å². The van der Waals surface area contributed by atoms with E-state index in [1.165, 1.54) is 4.90 Å². The minimum Gasteiger partial charge on any atom is -0.445 e. The van der Waals surface area contributed by atoms with Crippen molar-refractivity contribution in [3.63, 3.8) is 0 Å². The van der Waals surface area contributed by atoms with Gasteiger partial charge in [0.1, 0.15) is 12.6 Å². The lowest BCUT2D eigenvalue weighted by molar-refractivity contribution is -0.138. The number of carbonyl (C=O) groups is 4. The van der Waals surface area contributed by atoms with Crippen molar-refractivity contribution in [3.8, 4) is 0 Å². The first-order valence-corrected chi connectivity index (χ1v) is 11.7. The zero-order chi connectivity index (χ0) is 24.1. The Hall–Kier alpha value is -3.68. The number of nitrogens with zero attached hydrogens (tertiary/aromatic N) is 1. The van der Waals surface area contributed by atoms with E-state index in [0.717, 1.165) is 17.5 Å². The molecule has 8 nitrogen and oxygen atoms in total. The van der Waals surface area contributed by atoms with E-state index in [1.807, 2.05) is 49.4 Å². The van der Waals surface area contributed by atoms with Gasteiger partial charge in [0.05, 0.1) is 5.41 Å². The predicted octanol–water partition coefficient (Wildman–Crippen LogP) is 3.51. The van der Waals surface area contributed by atoms with Gasteiger partial charge in [0, 0.05) is 18.7 Å². The number of imide groups is 1. The lowest BCUT2D eigenvalue weighted by Gasteiger charge is -2.35. The summed E-state index contributed by atoms with van der Waals surface area (Å²) in [5, 5.41) is 5.32. The number of likely N-dealkylation sites (tertiary alicyclic amines) is 1. The Morgan fingerprint density at radius 1 is 1.12 bits per heavy atom. The Morgan fingerprint density at radius 3 is 2.53 bits per heavy atom. The van der Waals surface area contributed by atoms with Crippen molar-refractivity contribution in [1.29, 1.82) is 0 Å². The van der Waals surface area contributed by atoms with Crippen LogP contribution in [-0.2, 0) is 31.1 Å². The van der Waals surface area contributed by atoms with E-state index < -0.39 is 17.6 Å². The van der Waals surface area contributed by atoms with Crippen LogP contribution in [0.2, 0.25) is 0 Å². The number of nitrogens with one attached hydrogen (secondary N) is 2. The van der Waals surface area contributed by atoms with Crippen LogP contribution in [0, 0.1) is 0 Å². The Morgan fingerprint density at radius 2 is 1.85 bits per heavy atom. The SMILES string of the molecule is CCC1(c2ccc(NC(=O)C3CCCN3C(=O)OCc3ccccc3)cc2)CCC(=O)NC1=O. The van der Waals surface area contributed by atoms with Gasteiger partial charge in [-0.3, -0.25) is 24.6 Å². The van der Waals surface area contributed by atoms with Crippen molar-refractivity contribution in [2.45, 2.75) is 57.1 Å². The normalized spacial score (nSPS) is 22.3. The van der Waals surface area contributed by atoms with Crippen LogP contribution < -0.4 is 10.6 Å². The van der Waals surface area contributed by atoms with E-state index >= 15 is 0 Å². The Balaban J connectivity index is 1.38.